The summed E-state index contributed by atoms with van der Waals surface area (Å²) < 4.78 is 7.41. The fraction of sp³-hybridized carbons (Fsp3) is 0.273. The van der Waals surface area contributed by atoms with Gasteiger partial charge in [-0.25, -0.2) is 0 Å². The van der Waals surface area contributed by atoms with Gasteiger partial charge in [-0.3, -0.25) is 4.57 Å². The van der Waals surface area contributed by atoms with Crippen molar-refractivity contribution in [1.82, 2.24) is 14.8 Å². The quantitative estimate of drug-likeness (QED) is 0.905. The molecule has 0 aliphatic carbocycles. The first-order valence-corrected chi connectivity index (χ1v) is 5.53. The van der Waals surface area contributed by atoms with Crippen LogP contribution in [0.2, 0.25) is 5.02 Å². The third-order valence-electron chi connectivity index (χ3n) is 2.35. The predicted octanol–water partition coefficient (Wildman–Crippen LogP) is 2.09. The van der Waals surface area contributed by atoms with Crippen LogP contribution in [0.15, 0.2) is 24.3 Å². The van der Waals surface area contributed by atoms with E-state index in [-0.39, 0.29) is 0 Å². The topological polar surface area (TPSA) is 52.0 Å². The van der Waals surface area contributed by atoms with Gasteiger partial charge in [-0.1, -0.05) is 17.7 Å². The minimum Gasteiger partial charge on any atom is -0.486 e. The average molecular weight is 253 g/mol. The molecule has 0 spiro atoms. The molecular weight excluding hydrogens is 240 g/mol. The molecule has 1 heterocycles. The SMILES string of the molecule is CNc1nnc(COc2cccc(Cl)c2)n1C. The second-order valence-corrected chi connectivity index (χ2v) is 3.93. The van der Waals surface area contributed by atoms with Crippen molar-refractivity contribution in [1.29, 1.82) is 0 Å². The molecule has 1 N–H and O–H groups in total. The molecule has 0 unspecified atom stereocenters. The highest BCUT2D eigenvalue weighted by Gasteiger charge is 2.07. The van der Waals surface area contributed by atoms with Gasteiger partial charge in [0.05, 0.1) is 0 Å². The number of rotatable bonds is 4. The second-order valence-electron chi connectivity index (χ2n) is 3.49. The Morgan fingerprint density at radius 2 is 2.24 bits per heavy atom. The number of benzene rings is 1. The third kappa shape index (κ3) is 2.68. The zero-order valence-electron chi connectivity index (χ0n) is 9.64. The zero-order chi connectivity index (χ0) is 12.3. The Bertz CT molecular complexity index is 512. The summed E-state index contributed by atoms with van der Waals surface area (Å²) in [6.07, 6.45) is 0. The van der Waals surface area contributed by atoms with Gasteiger partial charge >= 0.3 is 0 Å². The molecule has 1 aromatic carbocycles. The molecule has 1 aromatic heterocycles. The van der Waals surface area contributed by atoms with Crippen molar-refractivity contribution >= 4 is 17.5 Å². The first kappa shape index (κ1) is 11.7. The largest absolute Gasteiger partial charge is 0.486 e. The van der Waals surface area contributed by atoms with E-state index in [1.54, 1.807) is 19.2 Å². The van der Waals surface area contributed by atoms with Gasteiger partial charge in [0, 0.05) is 19.1 Å². The van der Waals surface area contributed by atoms with Gasteiger partial charge in [0.2, 0.25) is 5.95 Å². The second kappa shape index (κ2) is 5.05. The van der Waals surface area contributed by atoms with Crippen LogP contribution in [0.3, 0.4) is 0 Å². The fourth-order valence-corrected chi connectivity index (χ4v) is 1.59. The molecule has 0 radical (unpaired) electrons. The molecule has 0 bridgehead atoms. The molecule has 0 fully saturated rings. The van der Waals surface area contributed by atoms with Gasteiger partial charge in [-0.15, -0.1) is 10.2 Å². The maximum Gasteiger partial charge on any atom is 0.224 e. The van der Waals surface area contributed by atoms with Crippen molar-refractivity contribution < 1.29 is 4.74 Å². The Morgan fingerprint density at radius 1 is 1.41 bits per heavy atom. The maximum atomic E-state index is 5.86. The number of hydrogen-bond acceptors (Lipinski definition) is 4. The third-order valence-corrected chi connectivity index (χ3v) is 2.59. The van der Waals surface area contributed by atoms with Crippen LogP contribution < -0.4 is 10.1 Å². The van der Waals surface area contributed by atoms with E-state index in [2.05, 4.69) is 15.5 Å². The number of ether oxygens (including phenoxy) is 1. The van der Waals surface area contributed by atoms with E-state index in [0.29, 0.717) is 23.3 Å². The van der Waals surface area contributed by atoms with E-state index < -0.39 is 0 Å². The van der Waals surface area contributed by atoms with E-state index in [4.69, 9.17) is 16.3 Å². The lowest BCUT2D eigenvalue weighted by Gasteiger charge is -2.06. The van der Waals surface area contributed by atoms with E-state index in [0.717, 1.165) is 5.82 Å². The van der Waals surface area contributed by atoms with Crippen LogP contribution in [0.1, 0.15) is 5.82 Å². The summed E-state index contributed by atoms with van der Waals surface area (Å²) >= 11 is 5.86. The first-order valence-electron chi connectivity index (χ1n) is 5.15. The van der Waals surface area contributed by atoms with Crippen molar-refractivity contribution in [2.24, 2.45) is 7.05 Å². The van der Waals surface area contributed by atoms with Crippen molar-refractivity contribution in [3.8, 4) is 5.75 Å². The fourth-order valence-electron chi connectivity index (χ4n) is 1.41. The number of hydrogen-bond donors (Lipinski definition) is 1. The summed E-state index contributed by atoms with van der Waals surface area (Å²) in [5.74, 6) is 2.16. The van der Waals surface area contributed by atoms with Crippen molar-refractivity contribution in [2.45, 2.75) is 6.61 Å². The molecule has 0 saturated heterocycles. The van der Waals surface area contributed by atoms with Crippen LogP contribution in [0, 0.1) is 0 Å². The summed E-state index contributed by atoms with van der Waals surface area (Å²) in [5, 5.41) is 11.6. The van der Waals surface area contributed by atoms with Crippen LogP contribution in [0.25, 0.3) is 0 Å². The summed E-state index contributed by atoms with van der Waals surface area (Å²) in [6.45, 7) is 0.353. The molecule has 90 valence electrons. The summed E-state index contributed by atoms with van der Waals surface area (Å²) in [7, 11) is 3.67. The summed E-state index contributed by atoms with van der Waals surface area (Å²) in [4.78, 5) is 0. The summed E-state index contributed by atoms with van der Waals surface area (Å²) in [6, 6.07) is 7.25. The van der Waals surface area contributed by atoms with Crippen molar-refractivity contribution in [3.05, 3.63) is 35.1 Å². The molecule has 0 aliphatic rings. The van der Waals surface area contributed by atoms with Gasteiger partial charge in [0.25, 0.3) is 0 Å². The molecule has 0 aliphatic heterocycles. The van der Waals surface area contributed by atoms with E-state index in [1.807, 2.05) is 23.7 Å². The molecular formula is C11H13ClN4O. The average Bonchev–Trinajstić information content (AvgIpc) is 2.67. The Morgan fingerprint density at radius 3 is 2.88 bits per heavy atom. The number of halogens is 1. The summed E-state index contributed by atoms with van der Waals surface area (Å²) in [5.41, 5.74) is 0. The van der Waals surface area contributed by atoms with Gasteiger partial charge in [-0.05, 0) is 18.2 Å². The number of aromatic nitrogens is 3. The molecule has 2 aromatic rings. The minimum atomic E-state index is 0.353. The number of nitrogens with zero attached hydrogens (tertiary/aromatic N) is 3. The minimum absolute atomic E-state index is 0.353. The van der Waals surface area contributed by atoms with E-state index >= 15 is 0 Å². The zero-order valence-corrected chi connectivity index (χ0v) is 10.4. The first-order chi connectivity index (χ1) is 8.20. The standard InChI is InChI=1S/C11H13ClN4O/c1-13-11-15-14-10(16(11)2)7-17-9-5-3-4-8(12)6-9/h3-6H,7H2,1-2H3,(H,13,15). The Kier molecular flexibility index (Phi) is 3.49. The van der Waals surface area contributed by atoms with Crippen LogP contribution >= 0.6 is 11.6 Å². The highest BCUT2D eigenvalue weighted by atomic mass is 35.5. The smallest absolute Gasteiger partial charge is 0.224 e. The predicted molar refractivity (Wildman–Crippen MR) is 66.3 cm³/mol. The molecule has 6 heteroatoms. The molecule has 2 rings (SSSR count). The maximum absolute atomic E-state index is 5.86. The lowest BCUT2D eigenvalue weighted by atomic mass is 10.3. The number of anilines is 1. The van der Waals surface area contributed by atoms with Crippen LogP contribution in [0.5, 0.6) is 5.75 Å². The normalized spacial score (nSPS) is 10.3. The monoisotopic (exact) mass is 252 g/mol. The Labute approximate surface area is 104 Å². The van der Waals surface area contributed by atoms with Crippen LogP contribution in [0.4, 0.5) is 5.95 Å². The molecule has 0 saturated carbocycles. The Balaban J connectivity index is 2.05. The molecule has 17 heavy (non-hydrogen) atoms. The van der Waals surface area contributed by atoms with Crippen molar-refractivity contribution in [3.63, 3.8) is 0 Å². The molecule has 5 nitrogen and oxygen atoms in total. The van der Waals surface area contributed by atoms with Gasteiger partial charge in [0.15, 0.2) is 5.82 Å². The van der Waals surface area contributed by atoms with E-state index in [9.17, 15) is 0 Å². The van der Waals surface area contributed by atoms with Gasteiger partial charge < -0.3 is 10.1 Å². The Hall–Kier alpha value is -1.75. The lowest BCUT2D eigenvalue weighted by molar-refractivity contribution is 0.291. The van der Waals surface area contributed by atoms with Crippen LogP contribution in [-0.4, -0.2) is 21.8 Å². The molecule has 0 atom stereocenters. The number of nitrogens with one attached hydrogen (secondary N) is 1. The highest BCUT2D eigenvalue weighted by molar-refractivity contribution is 6.30. The van der Waals surface area contributed by atoms with Gasteiger partial charge in [0.1, 0.15) is 12.4 Å². The highest BCUT2D eigenvalue weighted by Crippen LogP contribution is 2.18. The van der Waals surface area contributed by atoms with E-state index in [1.165, 1.54) is 0 Å². The van der Waals surface area contributed by atoms with Gasteiger partial charge in [-0.2, -0.15) is 0 Å². The lowest BCUT2D eigenvalue weighted by Crippen LogP contribution is -2.05. The molecule has 0 amide bonds. The van der Waals surface area contributed by atoms with Crippen LogP contribution in [-0.2, 0) is 13.7 Å². The van der Waals surface area contributed by atoms with Crippen molar-refractivity contribution in [2.75, 3.05) is 12.4 Å².